The molecule has 2 rings (SSSR count). The molecule has 0 aromatic heterocycles. The van der Waals surface area contributed by atoms with Gasteiger partial charge in [0.2, 0.25) is 11.8 Å². The van der Waals surface area contributed by atoms with Crippen molar-refractivity contribution < 1.29 is 24.6 Å². The van der Waals surface area contributed by atoms with Crippen molar-refractivity contribution in [3.63, 3.8) is 0 Å². The van der Waals surface area contributed by atoms with Crippen LogP contribution in [0.25, 0.3) is 0 Å². The molecular weight excluding hydrogens is 424 g/mol. The highest BCUT2D eigenvalue weighted by molar-refractivity contribution is 5.92. The number of nitrogens with two attached hydrogens (primary N) is 2. The Bertz CT molecular complexity index is 905. The summed E-state index contributed by atoms with van der Waals surface area (Å²) >= 11 is 0. The van der Waals surface area contributed by atoms with Crippen LogP contribution in [-0.2, 0) is 27.2 Å². The molecule has 0 spiro atoms. The van der Waals surface area contributed by atoms with Gasteiger partial charge in [-0.3, -0.25) is 9.59 Å². The number of amides is 2. The Morgan fingerprint density at radius 2 is 1.39 bits per heavy atom. The van der Waals surface area contributed by atoms with E-state index in [1.165, 1.54) is 12.1 Å². The minimum atomic E-state index is -1.21. The second kappa shape index (κ2) is 13.2. The molecule has 33 heavy (non-hydrogen) atoms. The highest BCUT2D eigenvalue weighted by atomic mass is 16.4. The maximum atomic E-state index is 13.0. The molecule has 9 heteroatoms. The van der Waals surface area contributed by atoms with Crippen LogP contribution in [0.15, 0.2) is 54.6 Å². The third-order valence-corrected chi connectivity index (χ3v) is 5.21. The van der Waals surface area contributed by atoms with E-state index in [4.69, 9.17) is 11.5 Å². The lowest BCUT2D eigenvalue weighted by Gasteiger charge is -2.23. The van der Waals surface area contributed by atoms with E-state index in [9.17, 15) is 24.6 Å². The summed E-state index contributed by atoms with van der Waals surface area (Å²) in [5.41, 5.74) is 12.9. The van der Waals surface area contributed by atoms with Gasteiger partial charge in [-0.25, -0.2) is 4.79 Å². The van der Waals surface area contributed by atoms with E-state index in [2.05, 4.69) is 10.6 Å². The van der Waals surface area contributed by atoms with Gasteiger partial charge in [-0.15, -0.1) is 0 Å². The first-order chi connectivity index (χ1) is 15.8. The number of benzene rings is 2. The smallest absolute Gasteiger partial charge is 0.326 e. The lowest BCUT2D eigenvalue weighted by atomic mass is 10.0. The van der Waals surface area contributed by atoms with Crippen molar-refractivity contribution in [1.82, 2.24) is 10.6 Å². The number of carboxylic acids is 1. The molecule has 0 unspecified atom stereocenters. The predicted octanol–water partition coefficient (Wildman–Crippen LogP) is 0.688. The van der Waals surface area contributed by atoms with Crippen LogP contribution in [0.5, 0.6) is 5.75 Å². The van der Waals surface area contributed by atoms with Gasteiger partial charge in [-0.1, -0.05) is 48.9 Å². The molecule has 2 aromatic carbocycles. The van der Waals surface area contributed by atoms with Gasteiger partial charge in [0.1, 0.15) is 17.8 Å². The number of rotatable bonds is 13. The second-order valence-corrected chi connectivity index (χ2v) is 7.91. The maximum absolute atomic E-state index is 13.0. The Balaban J connectivity index is 2.12. The van der Waals surface area contributed by atoms with Crippen LogP contribution in [0.1, 0.15) is 30.4 Å². The summed E-state index contributed by atoms with van der Waals surface area (Å²) in [6, 6.07) is 12.2. The molecule has 0 saturated carbocycles. The zero-order valence-electron chi connectivity index (χ0n) is 18.4. The van der Waals surface area contributed by atoms with Crippen LogP contribution in [-0.4, -0.2) is 52.7 Å². The highest BCUT2D eigenvalue weighted by Crippen LogP contribution is 2.12. The van der Waals surface area contributed by atoms with Crippen molar-refractivity contribution in [2.75, 3.05) is 6.54 Å². The number of phenols is 1. The topological polar surface area (TPSA) is 168 Å². The highest BCUT2D eigenvalue weighted by Gasteiger charge is 2.28. The third kappa shape index (κ3) is 8.91. The molecule has 178 valence electrons. The summed E-state index contributed by atoms with van der Waals surface area (Å²) < 4.78 is 0. The fourth-order valence-corrected chi connectivity index (χ4v) is 3.32. The molecule has 0 saturated heterocycles. The van der Waals surface area contributed by atoms with Crippen molar-refractivity contribution in [1.29, 1.82) is 0 Å². The average Bonchev–Trinajstić information content (AvgIpc) is 2.80. The van der Waals surface area contributed by atoms with Crippen molar-refractivity contribution in [3.05, 3.63) is 65.7 Å². The van der Waals surface area contributed by atoms with Crippen molar-refractivity contribution in [2.45, 2.75) is 50.2 Å². The van der Waals surface area contributed by atoms with Crippen LogP contribution >= 0.6 is 0 Å². The van der Waals surface area contributed by atoms with Crippen LogP contribution < -0.4 is 22.1 Å². The first-order valence-corrected chi connectivity index (χ1v) is 10.9. The number of carboxylic acid groups (broad SMARTS) is 1. The number of hydrogen-bond donors (Lipinski definition) is 6. The summed E-state index contributed by atoms with van der Waals surface area (Å²) in [7, 11) is 0. The number of hydrogen-bond acceptors (Lipinski definition) is 6. The molecule has 0 aliphatic carbocycles. The number of aliphatic carboxylic acids is 1. The molecule has 3 atom stereocenters. The maximum Gasteiger partial charge on any atom is 0.326 e. The Morgan fingerprint density at radius 1 is 0.818 bits per heavy atom. The van der Waals surface area contributed by atoms with Crippen molar-refractivity contribution in [2.24, 2.45) is 11.5 Å². The van der Waals surface area contributed by atoms with Gasteiger partial charge in [0.15, 0.2) is 0 Å². The van der Waals surface area contributed by atoms with Crippen LogP contribution in [0.3, 0.4) is 0 Å². The van der Waals surface area contributed by atoms with Crippen LogP contribution in [0.4, 0.5) is 0 Å². The van der Waals surface area contributed by atoms with Gasteiger partial charge in [0.25, 0.3) is 0 Å². The second-order valence-electron chi connectivity index (χ2n) is 7.91. The summed E-state index contributed by atoms with van der Waals surface area (Å²) in [5, 5.41) is 24.2. The SMILES string of the molecule is NCCCC[C@H](N)C(=O)N[C@H](Cc1ccccc1)C(=O)N[C@H](Cc1ccc(O)cc1)C(=O)O. The number of nitrogens with one attached hydrogen (secondary N) is 2. The zero-order chi connectivity index (χ0) is 24.2. The Kier molecular flexibility index (Phi) is 10.3. The van der Waals surface area contributed by atoms with E-state index in [1.54, 1.807) is 12.1 Å². The third-order valence-electron chi connectivity index (χ3n) is 5.21. The molecule has 0 heterocycles. The molecule has 8 N–H and O–H groups in total. The normalized spacial score (nSPS) is 13.5. The van der Waals surface area contributed by atoms with E-state index < -0.39 is 35.9 Å². The molecule has 0 aliphatic heterocycles. The predicted molar refractivity (Wildman–Crippen MR) is 124 cm³/mol. The zero-order valence-corrected chi connectivity index (χ0v) is 18.4. The Hall–Kier alpha value is -3.43. The standard InChI is InChI=1S/C24H32N4O5/c25-13-5-4-8-19(26)22(30)27-20(14-16-6-2-1-3-7-16)23(31)28-21(24(32)33)15-17-9-11-18(29)12-10-17/h1-3,6-7,9-12,19-21,29H,4-5,8,13-15,25-26H2,(H,27,30)(H,28,31)(H,32,33)/t19-,20+,21+/m0/s1. The number of unbranched alkanes of at least 4 members (excludes halogenated alkanes) is 1. The van der Waals surface area contributed by atoms with Crippen LogP contribution in [0, 0.1) is 0 Å². The first-order valence-electron chi connectivity index (χ1n) is 10.9. The number of carbonyl (C=O) groups excluding carboxylic acids is 2. The van der Waals surface area contributed by atoms with Gasteiger partial charge in [-0.05, 0) is 42.6 Å². The molecule has 9 nitrogen and oxygen atoms in total. The summed E-state index contributed by atoms with van der Waals surface area (Å²) in [6.07, 6.45) is 2.06. The molecular formula is C24H32N4O5. The molecule has 2 amide bonds. The molecule has 0 bridgehead atoms. The largest absolute Gasteiger partial charge is 0.508 e. The summed E-state index contributed by atoms with van der Waals surface area (Å²) in [6.45, 7) is 0.505. The van der Waals surface area contributed by atoms with Gasteiger partial charge < -0.3 is 32.3 Å². The number of phenolic OH excluding ortho intramolecular Hbond substituents is 1. The lowest BCUT2D eigenvalue weighted by Crippen LogP contribution is -2.55. The number of carbonyl (C=O) groups is 3. The average molecular weight is 457 g/mol. The molecule has 0 aliphatic rings. The van der Waals surface area contributed by atoms with Gasteiger partial charge >= 0.3 is 5.97 Å². The minimum Gasteiger partial charge on any atom is -0.508 e. The monoisotopic (exact) mass is 456 g/mol. The van der Waals surface area contributed by atoms with Gasteiger partial charge in [0, 0.05) is 12.8 Å². The van der Waals surface area contributed by atoms with Crippen molar-refractivity contribution in [3.8, 4) is 5.75 Å². The quantitative estimate of drug-likeness (QED) is 0.241. The minimum absolute atomic E-state index is 0.0198. The first kappa shape index (κ1) is 25.8. The van der Waals surface area contributed by atoms with E-state index >= 15 is 0 Å². The lowest BCUT2D eigenvalue weighted by molar-refractivity contribution is -0.142. The van der Waals surface area contributed by atoms with Gasteiger partial charge in [-0.2, -0.15) is 0 Å². The fraction of sp³-hybridized carbons (Fsp3) is 0.375. The molecule has 0 fully saturated rings. The van der Waals surface area contributed by atoms with Gasteiger partial charge in [0.05, 0.1) is 6.04 Å². The van der Waals surface area contributed by atoms with Crippen molar-refractivity contribution >= 4 is 17.8 Å². The summed E-state index contributed by atoms with van der Waals surface area (Å²) in [5.74, 6) is -2.25. The van der Waals surface area contributed by atoms with E-state index in [-0.39, 0.29) is 18.6 Å². The molecule has 0 radical (unpaired) electrons. The van der Waals surface area contributed by atoms with E-state index in [1.807, 2.05) is 30.3 Å². The van der Waals surface area contributed by atoms with E-state index in [0.717, 1.165) is 12.0 Å². The fourth-order valence-electron chi connectivity index (χ4n) is 3.32. The summed E-state index contributed by atoms with van der Waals surface area (Å²) in [4.78, 5) is 37.4. The van der Waals surface area contributed by atoms with E-state index in [0.29, 0.717) is 24.9 Å². The Morgan fingerprint density at radius 3 is 2.00 bits per heavy atom. The van der Waals surface area contributed by atoms with Crippen LogP contribution in [0.2, 0.25) is 0 Å². The number of aromatic hydroxyl groups is 1. The Labute approximate surface area is 193 Å². The molecule has 2 aromatic rings.